The summed E-state index contributed by atoms with van der Waals surface area (Å²) in [6.07, 6.45) is 0. The van der Waals surface area contributed by atoms with Gasteiger partial charge in [0.05, 0.1) is 7.11 Å². The Bertz CT molecular complexity index is 1090. The maximum Gasteiger partial charge on any atom is 0.320 e. The number of rotatable bonds is 6. The SMILES string of the molecule is COc1cccc(-c2cccc(C3(c4ccccc4)COC(NOC=O)=N3)c2)c1F. The number of carbonyl (C=O) groups is 1. The molecule has 1 unspecified atom stereocenters. The van der Waals surface area contributed by atoms with Crippen molar-refractivity contribution in [3.8, 4) is 16.9 Å². The largest absolute Gasteiger partial charge is 0.494 e. The molecule has 0 aliphatic carbocycles. The molecule has 0 fully saturated rings. The maximum absolute atomic E-state index is 14.9. The van der Waals surface area contributed by atoms with E-state index in [1.165, 1.54) is 7.11 Å². The summed E-state index contributed by atoms with van der Waals surface area (Å²) in [6.45, 7) is 0.437. The Morgan fingerprint density at radius 1 is 1.07 bits per heavy atom. The van der Waals surface area contributed by atoms with E-state index in [4.69, 9.17) is 9.47 Å². The number of nitrogens with zero attached hydrogens (tertiary/aromatic N) is 1. The monoisotopic (exact) mass is 406 g/mol. The maximum atomic E-state index is 14.9. The molecule has 30 heavy (non-hydrogen) atoms. The zero-order valence-electron chi connectivity index (χ0n) is 16.2. The second-order valence-corrected chi connectivity index (χ2v) is 6.65. The van der Waals surface area contributed by atoms with Crippen LogP contribution in [0.15, 0.2) is 77.8 Å². The van der Waals surface area contributed by atoms with E-state index < -0.39 is 11.4 Å². The average molecular weight is 406 g/mol. The number of amidine groups is 1. The Balaban J connectivity index is 1.83. The Morgan fingerprint density at radius 3 is 2.60 bits per heavy atom. The number of ether oxygens (including phenoxy) is 2. The first kappa shape index (κ1) is 19.4. The van der Waals surface area contributed by atoms with Gasteiger partial charge in [0, 0.05) is 5.56 Å². The number of benzene rings is 3. The van der Waals surface area contributed by atoms with Gasteiger partial charge in [-0.05, 0) is 28.8 Å². The molecule has 1 atom stereocenters. The van der Waals surface area contributed by atoms with Gasteiger partial charge in [-0.2, -0.15) is 5.48 Å². The van der Waals surface area contributed by atoms with Gasteiger partial charge in [0.2, 0.25) is 0 Å². The molecule has 0 amide bonds. The van der Waals surface area contributed by atoms with Crippen molar-refractivity contribution in [3.05, 3.63) is 89.7 Å². The molecule has 1 N–H and O–H groups in total. The minimum absolute atomic E-state index is 0.0870. The second kappa shape index (κ2) is 8.24. The second-order valence-electron chi connectivity index (χ2n) is 6.65. The fourth-order valence-corrected chi connectivity index (χ4v) is 3.55. The third-order valence-corrected chi connectivity index (χ3v) is 4.99. The van der Waals surface area contributed by atoms with Gasteiger partial charge in [0.1, 0.15) is 6.61 Å². The van der Waals surface area contributed by atoms with Crippen molar-refractivity contribution in [2.45, 2.75) is 5.54 Å². The highest BCUT2D eigenvalue weighted by Gasteiger charge is 2.41. The fraction of sp³-hybridized carbons (Fsp3) is 0.130. The summed E-state index contributed by atoms with van der Waals surface area (Å²) >= 11 is 0. The number of carbonyl (C=O) groups excluding carboxylic acids is 1. The predicted octanol–water partition coefficient (Wildman–Crippen LogP) is 3.81. The van der Waals surface area contributed by atoms with Gasteiger partial charge < -0.3 is 14.3 Å². The van der Waals surface area contributed by atoms with Crippen LogP contribution in [0.5, 0.6) is 5.75 Å². The van der Waals surface area contributed by atoms with E-state index in [1.807, 2.05) is 54.6 Å². The van der Waals surface area contributed by atoms with Crippen LogP contribution in [0.25, 0.3) is 11.1 Å². The van der Waals surface area contributed by atoms with Crippen molar-refractivity contribution in [1.29, 1.82) is 0 Å². The Labute approximate surface area is 172 Å². The fourth-order valence-electron chi connectivity index (χ4n) is 3.55. The Morgan fingerprint density at radius 2 is 1.83 bits per heavy atom. The molecule has 6 nitrogen and oxygen atoms in total. The van der Waals surface area contributed by atoms with Crippen LogP contribution in [0.3, 0.4) is 0 Å². The van der Waals surface area contributed by atoms with E-state index in [1.54, 1.807) is 18.2 Å². The summed E-state index contributed by atoms with van der Waals surface area (Å²) in [5, 5.41) is 0. The Hall–Kier alpha value is -3.87. The number of halogens is 1. The van der Waals surface area contributed by atoms with Crippen molar-refractivity contribution in [2.24, 2.45) is 4.99 Å². The molecule has 1 aliphatic heterocycles. The highest BCUT2D eigenvalue weighted by Crippen LogP contribution is 2.39. The average Bonchev–Trinajstić information content (AvgIpc) is 3.24. The molecule has 1 aliphatic rings. The number of hydrogen-bond donors (Lipinski definition) is 1. The van der Waals surface area contributed by atoms with Crippen LogP contribution in [-0.2, 0) is 19.9 Å². The van der Waals surface area contributed by atoms with Crippen LogP contribution in [0.4, 0.5) is 4.39 Å². The number of nitrogens with one attached hydrogen (secondary N) is 1. The van der Waals surface area contributed by atoms with Gasteiger partial charge in [-0.25, -0.2) is 9.38 Å². The van der Waals surface area contributed by atoms with Gasteiger partial charge in [-0.15, -0.1) is 0 Å². The molecule has 152 valence electrons. The van der Waals surface area contributed by atoms with Gasteiger partial charge in [0.15, 0.2) is 17.1 Å². The van der Waals surface area contributed by atoms with E-state index in [-0.39, 0.29) is 24.9 Å². The first-order valence-electron chi connectivity index (χ1n) is 9.25. The summed E-state index contributed by atoms with van der Waals surface area (Å²) in [7, 11) is 1.43. The summed E-state index contributed by atoms with van der Waals surface area (Å²) in [5.41, 5.74) is 4.28. The quantitative estimate of drug-likeness (QED) is 0.498. The topological polar surface area (TPSA) is 69.2 Å². The van der Waals surface area contributed by atoms with E-state index in [0.29, 0.717) is 11.1 Å². The van der Waals surface area contributed by atoms with E-state index in [9.17, 15) is 9.18 Å². The highest BCUT2D eigenvalue weighted by molar-refractivity contribution is 5.77. The van der Waals surface area contributed by atoms with Gasteiger partial charge >= 0.3 is 12.5 Å². The van der Waals surface area contributed by atoms with Crippen molar-refractivity contribution >= 4 is 12.5 Å². The lowest BCUT2D eigenvalue weighted by Gasteiger charge is -2.25. The van der Waals surface area contributed by atoms with E-state index in [2.05, 4.69) is 15.3 Å². The summed E-state index contributed by atoms with van der Waals surface area (Å²) in [5.74, 6) is -0.255. The smallest absolute Gasteiger partial charge is 0.320 e. The van der Waals surface area contributed by atoms with Crippen LogP contribution in [0.2, 0.25) is 0 Å². The van der Waals surface area contributed by atoms with Gasteiger partial charge in [0.25, 0.3) is 0 Å². The number of hydroxylamine groups is 1. The Kier molecular flexibility index (Phi) is 5.34. The van der Waals surface area contributed by atoms with E-state index >= 15 is 0 Å². The third-order valence-electron chi connectivity index (χ3n) is 4.99. The minimum Gasteiger partial charge on any atom is -0.494 e. The standard InChI is InChI=1S/C23H19FN2O4/c1-28-20-12-6-11-19(21(20)24)16-7-5-10-18(13-16)23(17-8-3-2-4-9-17)14-29-22(25-23)26-30-15-27/h2-13,15H,14H2,1H3,(H,25,26). The van der Waals surface area contributed by atoms with Crippen molar-refractivity contribution in [1.82, 2.24) is 5.48 Å². The van der Waals surface area contributed by atoms with Crippen LogP contribution in [-0.4, -0.2) is 26.2 Å². The molecule has 4 rings (SSSR count). The lowest BCUT2D eigenvalue weighted by Crippen LogP contribution is -2.27. The number of methoxy groups -OCH3 is 1. The zero-order valence-corrected chi connectivity index (χ0v) is 16.2. The first-order chi connectivity index (χ1) is 14.7. The zero-order chi connectivity index (χ0) is 21.0. The summed E-state index contributed by atoms with van der Waals surface area (Å²) in [6, 6.07) is 22.2. The predicted molar refractivity (Wildman–Crippen MR) is 109 cm³/mol. The lowest BCUT2D eigenvalue weighted by atomic mass is 9.83. The van der Waals surface area contributed by atoms with Crippen molar-refractivity contribution in [2.75, 3.05) is 13.7 Å². The molecular weight excluding hydrogens is 387 g/mol. The van der Waals surface area contributed by atoms with Gasteiger partial charge in [-0.3, -0.25) is 4.79 Å². The molecule has 3 aromatic rings. The normalized spacial score (nSPS) is 17.6. The summed E-state index contributed by atoms with van der Waals surface area (Å²) in [4.78, 5) is 19.7. The van der Waals surface area contributed by atoms with Crippen LogP contribution in [0.1, 0.15) is 11.1 Å². The van der Waals surface area contributed by atoms with Crippen molar-refractivity contribution in [3.63, 3.8) is 0 Å². The molecule has 3 aromatic carbocycles. The minimum atomic E-state index is -0.888. The molecule has 0 aromatic heterocycles. The molecule has 0 saturated heterocycles. The third kappa shape index (κ3) is 3.45. The number of hydrogen-bond acceptors (Lipinski definition) is 6. The van der Waals surface area contributed by atoms with E-state index in [0.717, 1.165) is 11.1 Å². The van der Waals surface area contributed by atoms with Crippen molar-refractivity contribution < 1.29 is 23.5 Å². The summed E-state index contributed by atoms with van der Waals surface area (Å²) < 4.78 is 25.6. The number of aliphatic imine (C=N–C) groups is 1. The highest BCUT2D eigenvalue weighted by atomic mass is 19.1. The van der Waals surface area contributed by atoms with Gasteiger partial charge in [-0.1, -0.05) is 60.7 Å². The molecule has 1 heterocycles. The molecule has 0 spiro atoms. The molecular formula is C23H19FN2O4. The van der Waals surface area contributed by atoms with Crippen LogP contribution in [0, 0.1) is 5.82 Å². The molecule has 0 bridgehead atoms. The molecule has 0 saturated carbocycles. The molecule has 7 heteroatoms. The molecule has 0 radical (unpaired) electrons. The van der Waals surface area contributed by atoms with Crippen LogP contribution < -0.4 is 10.2 Å². The van der Waals surface area contributed by atoms with Crippen LogP contribution >= 0.6 is 0 Å². The first-order valence-corrected chi connectivity index (χ1v) is 9.25. The lowest BCUT2D eigenvalue weighted by molar-refractivity contribution is -0.132.